The number of piperazine rings is 1. The maximum absolute atomic E-state index is 12.9. The quantitative estimate of drug-likeness (QED) is 0.861. The summed E-state index contributed by atoms with van der Waals surface area (Å²) in [4.78, 5) is 26.4. The zero-order valence-electron chi connectivity index (χ0n) is 14.3. The van der Waals surface area contributed by atoms with Crippen molar-refractivity contribution < 1.29 is 22.8 Å². The highest BCUT2D eigenvalue weighted by Gasteiger charge is 2.33. The van der Waals surface area contributed by atoms with Crippen molar-refractivity contribution >= 4 is 17.5 Å². The van der Waals surface area contributed by atoms with E-state index in [0.717, 1.165) is 12.1 Å². The fraction of sp³-hybridized carbons (Fsp3) is 0.263. The van der Waals surface area contributed by atoms with E-state index in [1.165, 1.54) is 12.1 Å². The molecule has 1 aliphatic heterocycles. The molecule has 2 N–H and O–H groups in total. The zero-order valence-corrected chi connectivity index (χ0v) is 14.3. The lowest BCUT2D eigenvalue weighted by Gasteiger charge is -2.33. The summed E-state index contributed by atoms with van der Waals surface area (Å²) in [6.45, 7) is 0.899. The van der Waals surface area contributed by atoms with Crippen LogP contribution in [0.25, 0.3) is 0 Å². The van der Waals surface area contributed by atoms with Gasteiger partial charge in [0.15, 0.2) is 0 Å². The SMILES string of the molecule is O=C1CN([C@@H](C(=O)Nc2cccc(C(F)(F)F)c2)c2ccccc2)CCN1. The molecule has 1 atom stereocenters. The molecule has 0 aliphatic carbocycles. The fourth-order valence-electron chi connectivity index (χ4n) is 3.03. The number of carbonyl (C=O) groups is 2. The number of hydrogen-bond acceptors (Lipinski definition) is 3. The molecular weight excluding hydrogens is 359 g/mol. The molecule has 8 heteroatoms. The fourth-order valence-corrected chi connectivity index (χ4v) is 3.03. The Kier molecular flexibility index (Phi) is 5.46. The number of alkyl halides is 3. The Morgan fingerprint density at radius 2 is 1.85 bits per heavy atom. The van der Waals surface area contributed by atoms with Crippen molar-refractivity contribution in [2.75, 3.05) is 25.0 Å². The van der Waals surface area contributed by atoms with Crippen LogP contribution in [0.15, 0.2) is 54.6 Å². The van der Waals surface area contributed by atoms with Gasteiger partial charge in [-0.25, -0.2) is 0 Å². The maximum Gasteiger partial charge on any atom is 0.416 e. The lowest BCUT2D eigenvalue weighted by Crippen LogP contribution is -2.51. The van der Waals surface area contributed by atoms with E-state index in [1.54, 1.807) is 35.2 Å². The normalized spacial score (nSPS) is 16.5. The first kappa shape index (κ1) is 18.9. The number of halogens is 3. The number of amides is 2. The Morgan fingerprint density at radius 1 is 1.11 bits per heavy atom. The van der Waals surface area contributed by atoms with Crippen LogP contribution in [0.2, 0.25) is 0 Å². The Hall–Kier alpha value is -2.87. The average molecular weight is 377 g/mol. The van der Waals surface area contributed by atoms with Gasteiger partial charge in [0.1, 0.15) is 6.04 Å². The van der Waals surface area contributed by atoms with Crippen molar-refractivity contribution in [2.24, 2.45) is 0 Å². The van der Waals surface area contributed by atoms with Gasteiger partial charge in [-0.1, -0.05) is 36.4 Å². The van der Waals surface area contributed by atoms with Crippen molar-refractivity contribution in [1.82, 2.24) is 10.2 Å². The largest absolute Gasteiger partial charge is 0.416 e. The Morgan fingerprint density at radius 3 is 2.52 bits per heavy atom. The van der Waals surface area contributed by atoms with Crippen LogP contribution in [0.1, 0.15) is 17.2 Å². The second-order valence-corrected chi connectivity index (χ2v) is 6.20. The van der Waals surface area contributed by atoms with Crippen LogP contribution in [0, 0.1) is 0 Å². The van der Waals surface area contributed by atoms with Crippen LogP contribution < -0.4 is 10.6 Å². The third-order valence-electron chi connectivity index (χ3n) is 4.25. The number of benzene rings is 2. The second kappa shape index (κ2) is 7.79. The van der Waals surface area contributed by atoms with Crippen LogP contribution >= 0.6 is 0 Å². The highest BCUT2D eigenvalue weighted by molar-refractivity contribution is 5.96. The summed E-state index contributed by atoms with van der Waals surface area (Å²) in [6.07, 6.45) is -4.50. The molecule has 0 saturated carbocycles. The van der Waals surface area contributed by atoms with E-state index in [2.05, 4.69) is 10.6 Å². The Bertz CT molecular complexity index is 824. The van der Waals surface area contributed by atoms with E-state index in [1.807, 2.05) is 0 Å². The standard InChI is InChI=1S/C19H18F3N3O2/c20-19(21,22)14-7-4-8-15(11-14)24-18(27)17(13-5-2-1-3-6-13)25-10-9-23-16(26)12-25/h1-8,11,17H,9-10,12H2,(H,23,26)(H,24,27)/t17-/m1/s1. The molecule has 2 aromatic carbocycles. The minimum absolute atomic E-state index is 0.0373. The molecule has 0 aromatic heterocycles. The first-order chi connectivity index (χ1) is 12.8. The monoisotopic (exact) mass is 377 g/mol. The minimum Gasteiger partial charge on any atom is -0.354 e. The third-order valence-corrected chi connectivity index (χ3v) is 4.25. The van der Waals surface area contributed by atoms with Gasteiger partial charge in [0.25, 0.3) is 0 Å². The summed E-state index contributed by atoms with van der Waals surface area (Å²) >= 11 is 0. The lowest BCUT2D eigenvalue weighted by atomic mass is 10.0. The predicted octanol–water partition coefficient (Wildman–Crippen LogP) is 2.82. The molecule has 0 spiro atoms. The highest BCUT2D eigenvalue weighted by atomic mass is 19.4. The molecule has 3 rings (SSSR count). The summed E-state index contributed by atoms with van der Waals surface area (Å²) in [7, 11) is 0. The van der Waals surface area contributed by atoms with Crippen LogP contribution in [-0.2, 0) is 15.8 Å². The molecule has 1 fully saturated rings. The van der Waals surface area contributed by atoms with Gasteiger partial charge in [0, 0.05) is 18.8 Å². The zero-order chi connectivity index (χ0) is 19.4. The van der Waals surface area contributed by atoms with E-state index in [4.69, 9.17) is 0 Å². The van der Waals surface area contributed by atoms with Crippen molar-refractivity contribution in [2.45, 2.75) is 12.2 Å². The highest BCUT2D eigenvalue weighted by Crippen LogP contribution is 2.31. The van der Waals surface area contributed by atoms with Gasteiger partial charge in [0.2, 0.25) is 11.8 Å². The van der Waals surface area contributed by atoms with Crippen molar-refractivity contribution in [3.8, 4) is 0 Å². The molecular formula is C19H18F3N3O2. The number of nitrogens with zero attached hydrogens (tertiary/aromatic N) is 1. The molecule has 2 aromatic rings. The van der Waals surface area contributed by atoms with Crippen LogP contribution in [0.5, 0.6) is 0 Å². The van der Waals surface area contributed by atoms with Crippen LogP contribution in [-0.4, -0.2) is 36.3 Å². The molecule has 0 radical (unpaired) electrons. The summed E-state index contributed by atoms with van der Waals surface area (Å²) in [6, 6.07) is 12.5. The molecule has 1 saturated heterocycles. The van der Waals surface area contributed by atoms with Crippen LogP contribution in [0.3, 0.4) is 0 Å². The van der Waals surface area contributed by atoms with Crippen molar-refractivity contribution in [1.29, 1.82) is 0 Å². The smallest absolute Gasteiger partial charge is 0.354 e. The lowest BCUT2D eigenvalue weighted by molar-refractivity contribution is -0.137. The maximum atomic E-state index is 12.9. The van der Waals surface area contributed by atoms with E-state index < -0.39 is 23.7 Å². The van der Waals surface area contributed by atoms with E-state index >= 15 is 0 Å². The molecule has 5 nitrogen and oxygen atoms in total. The first-order valence-corrected chi connectivity index (χ1v) is 8.38. The molecule has 27 heavy (non-hydrogen) atoms. The molecule has 0 bridgehead atoms. The molecule has 1 heterocycles. The molecule has 0 unspecified atom stereocenters. The van der Waals surface area contributed by atoms with E-state index in [-0.39, 0.29) is 18.1 Å². The van der Waals surface area contributed by atoms with Gasteiger partial charge in [-0.2, -0.15) is 13.2 Å². The van der Waals surface area contributed by atoms with Gasteiger partial charge in [-0.15, -0.1) is 0 Å². The third kappa shape index (κ3) is 4.65. The second-order valence-electron chi connectivity index (χ2n) is 6.20. The number of nitrogens with one attached hydrogen (secondary N) is 2. The number of hydrogen-bond donors (Lipinski definition) is 2. The summed E-state index contributed by atoms with van der Waals surface area (Å²) in [5.74, 6) is -0.690. The van der Waals surface area contributed by atoms with Gasteiger partial charge >= 0.3 is 6.18 Å². The predicted molar refractivity (Wildman–Crippen MR) is 93.8 cm³/mol. The van der Waals surface area contributed by atoms with Gasteiger partial charge in [-0.05, 0) is 23.8 Å². The molecule has 1 aliphatic rings. The average Bonchev–Trinajstić information content (AvgIpc) is 2.62. The Balaban J connectivity index is 1.86. The van der Waals surface area contributed by atoms with Gasteiger partial charge < -0.3 is 10.6 Å². The Labute approximate surface area is 154 Å². The first-order valence-electron chi connectivity index (χ1n) is 8.38. The van der Waals surface area contributed by atoms with Gasteiger partial charge in [0.05, 0.1) is 12.1 Å². The van der Waals surface area contributed by atoms with Crippen molar-refractivity contribution in [3.63, 3.8) is 0 Å². The number of anilines is 1. The number of rotatable bonds is 4. The van der Waals surface area contributed by atoms with E-state index in [9.17, 15) is 22.8 Å². The van der Waals surface area contributed by atoms with Crippen molar-refractivity contribution in [3.05, 3.63) is 65.7 Å². The van der Waals surface area contributed by atoms with E-state index in [0.29, 0.717) is 18.7 Å². The summed E-state index contributed by atoms with van der Waals surface area (Å²) < 4.78 is 38.7. The topological polar surface area (TPSA) is 61.4 Å². The van der Waals surface area contributed by atoms with Gasteiger partial charge in [-0.3, -0.25) is 14.5 Å². The minimum atomic E-state index is -4.50. The number of carbonyl (C=O) groups excluding carboxylic acids is 2. The summed E-state index contributed by atoms with van der Waals surface area (Å²) in [5, 5.41) is 5.25. The molecule has 2 amide bonds. The summed E-state index contributed by atoms with van der Waals surface area (Å²) in [5.41, 5.74) is -0.122. The van der Waals surface area contributed by atoms with Crippen LogP contribution in [0.4, 0.5) is 18.9 Å². The molecule has 142 valence electrons.